The van der Waals surface area contributed by atoms with Gasteiger partial charge in [-0.1, -0.05) is 6.07 Å². The number of nitrogens with one attached hydrogen (secondary N) is 2. The molecule has 2 N–H and O–H groups in total. The minimum absolute atomic E-state index is 0.357. The van der Waals surface area contributed by atoms with E-state index in [1.54, 1.807) is 18.2 Å². The number of amides is 2. The fraction of sp³-hybridized carbons (Fsp3) is 0.133. The molecule has 8 heteroatoms. The highest BCUT2D eigenvalue weighted by Crippen LogP contribution is 2.28. The van der Waals surface area contributed by atoms with Gasteiger partial charge in [0, 0.05) is 10.9 Å². The molecule has 2 rings (SSSR count). The first-order chi connectivity index (χ1) is 11.1. The molecule has 0 spiro atoms. The third-order valence-corrected chi connectivity index (χ3v) is 3.57. The molecule has 0 aliphatic heterocycles. The van der Waals surface area contributed by atoms with E-state index in [1.807, 2.05) is 17.5 Å². The van der Waals surface area contributed by atoms with Crippen LogP contribution in [0.3, 0.4) is 0 Å². The first kappa shape index (κ1) is 16.5. The maximum absolute atomic E-state index is 11.8. The SMILES string of the molecule is COc1ccc(NC(=O)C(=O)N/N=C\c2cccs2)c(OC)c1. The summed E-state index contributed by atoms with van der Waals surface area (Å²) in [6, 6.07) is 8.52. The van der Waals surface area contributed by atoms with Gasteiger partial charge < -0.3 is 14.8 Å². The van der Waals surface area contributed by atoms with Crippen molar-refractivity contribution in [2.75, 3.05) is 19.5 Å². The topological polar surface area (TPSA) is 89.0 Å². The number of carbonyl (C=O) groups excluding carboxylic acids is 2. The van der Waals surface area contributed by atoms with E-state index in [2.05, 4.69) is 15.8 Å². The van der Waals surface area contributed by atoms with E-state index >= 15 is 0 Å². The predicted molar refractivity (Wildman–Crippen MR) is 88.2 cm³/mol. The van der Waals surface area contributed by atoms with E-state index in [-0.39, 0.29) is 0 Å². The molecule has 0 bridgehead atoms. The van der Waals surface area contributed by atoms with Crippen LogP contribution in [-0.2, 0) is 9.59 Å². The van der Waals surface area contributed by atoms with Crippen LogP contribution in [0.1, 0.15) is 4.88 Å². The maximum atomic E-state index is 11.8. The molecule has 1 aromatic heterocycles. The van der Waals surface area contributed by atoms with Crippen LogP contribution in [0.15, 0.2) is 40.8 Å². The molecule has 23 heavy (non-hydrogen) atoms. The Hall–Kier alpha value is -2.87. The molecule has 0 saturated heterocycles. The molecule has 7 nitrogen and oxygen atoms in total. The maximum Gasteiger partial charge on any atom is 0.329 e. The van der Waals surface area contributed by atoms with Gasteiger partial charge in [0.2, 0.25) is 0 Å². The van der Waals surface area contributed by atoms with E-state index in [9.17, 15) is 9.59 Å². The number of hydrogen-bond donors (Lipinski definition) is 2. The summed E-state index contributed by atoms with van der Waals surface area (Å²) in [6.45, 7) is 0. The number of benzene rings is 1. The molecular weight excluding hydrogens is 318 g/mol. The highest BCUT2D eigenvalue weighted by molar-refractivity contribution is 7.11. The van der Waals surface area contributed by atoms with Crippen molar-refractivity contribution in [1.82, 2.24) is 5.43 Å². The average Bonchev–Trinajstić information content (AvgIpc) is 3.08. The Kier molecular flexibility index (Phi) is 5.70. The number of nitrogens with zero attached hydrogens (tertiary/aromatic N) is 1. The van der Waals surface area contributed by atoms with Crippen LogP contribution in [0.25, 0.3) is 0 Å². The largest absolute Gasteiger partial charge is 0.497 e. The van der Waals surface area contributed by atoms with Crippen LogP contribution in [0, 0.1) is 0 Å². The molecule has 2 aromatic rings. The van der Waals surface area contributed by atoms with Crippen molar-refractivity contribution in [2.45, 2.75) is 0 Å². The van der Waals surface area contributed by atoms with Gasteiger partial charge in [-0.25, -0.2) is 5.43 Å². The Bertz CT molecular complexity index is 714. The van der Waals surface area contributed by atoms with Crippen LogP contribution >= 0.6 is 11.3 Å². The molecule has 0 aliphatic carbocycles. The first-order valence-corrected chi connectivity index (χ1v) is 7.42. The van der Waals surface area contributed by atoms with Gasteiger partial charge in [-0.3, -0.25) is 9.59 Å². The Morgan fingerprint density at radius 3 is 2.65 bits per heavy atom. The number of thiophene rings is 1. The smallest absolute Gasteiger partial charge is 0.329 e. The van der Waals surface area contributed by atoms with Gasteiger partial charge in [0.1, 0.15) is 11.5 Å². The summed E-state index contributed by atoms with van der Waals surface area (Å²) in [5.74, 6) is -0.773. The predicted octanol–water partition coefficient (Wildman–Crippen LogP) is 1.85. The summed E-state index contributed by atoms with van der Waals surface area (Å²) >= 11 is 1.46. The van der Waals surface area contributed by atoms with E-state index in [4.69, 9.17) is 9.47 Å². The van der Waals surface area contributed by atoms with Crippen molar-refractivity contribution in [3.63, 3.8) is 0 Å². The zero-order chi connectivity index (χ0) is 16.7. The van der Waals surface area contributed by atoms with Crippen molar-refractivity contribution >= 4 is 35.1 Å². The number of rotatable bonds is 5. The lowest BCUT2D eigenvalue weighted by Crippen LogP contribution is -2.32. The van der Waals surface area contributed by atoms with Crippen LogP contribution in [0.5, 0.6) is 11.5 Å². The lowest BCUT2D eigenvalue weighted by atomic mass is 10.2. The van der Waals surface area contributed by atoms with Gasteiger partial charge in [0.05, 0.1) is 26.1 Å². The zero-order valence-electron chi connectivity index (χ0n) is 12.5. The zero-order valence-corrected chi connectivity index (χ0v) is 13.3. The van der Waals surface area contributed by atoms with Crippen molar-refractivity contribution in [3.8, 4) is 11.5 Å². The number of hydrazone groups is 1. The van der Waals surface area contributed by atoms with E-state index in [0.29, 0.717) is 17.2 Å². The van der Waals surface area contributed by atoms with Crippen LogP contribution in [-0.4, -0.2) is 32.2 Å². The van der Waals surface area contributed by atoms with Gasteiger partial charge in [0.25, 0.3) is 0 Å². The number of methoxy groups -OCH3 is 2. The second kappa shape index (κ2) is 7.95. The second-order valence-corrected chi connectivity index (χ2v) is 5.21. The van der Waals surface area contributed by atoms with Gasteiger partial charge >= 0.3 is 11.8 Å². The monoisotopic (exact) mass is 333 g/mol. The van der Waals surface area contributed by atoms with E-state index in [1.165, 1.54) is 31.8 Å². The summed E-state index contributed by atoms with van der Waals surface area (Å²) in [5.41, 5.74) is 2.52. The summed E-state index contributed by atoms with van der Waals surface area (Å²) < 4.78 is 10.2. The van der Waals surface area contributed by atoms with E-state index < -0.39 is 11.8 Å². The molecule has 0 atom stereocenters. The molecular formula is C15H15N3O4S. The van der Waals surface area contributed by atoms with Gasteiger partial charge in [0.15, 0.2) is 0 Å². The molecule has 2 amide bonds. The van der Waals surface area contributed by atoms with Crippen molar-refractivity contribution < 1.29 is 19.1 Å². The number of ether oxygens (including phenoxy) is 2. The Morgan fingerprint density at radius 1 is 1.17 bits per heavy atom. The Balaban J connectivity index is 1.97. The Labute approximate surface area is 136 Å². The third kappa shape index (κ3) is 4.55. The second-order valence-electron chi connectivity index (χ2n) is 4.23. The van der Waals surface area contributed by atoms with Gasteiger partial charge in [-0.15, -0.1) is 11.3 Å². The lowest BCUT2D eigenvalue weighted by molar-refractivity contribution is -0.136. The quantitative estimate of drug-likeness (QED) is 0.496. The van der Waals surface area contributed by atoms with E-state index in [0.717, 1.165) is 4.88 Å². The van der Waals surface area contributed by atoms with Crippen LogP contribution < -0.4 is 20.2 Å². The van der Waals surface area contributed by atoms with Crippen LogP contribution in [0.2, 0.25) is 0 Å². The summed E-state index contributed by atoms with van der Waals surface area (Å²) in [5, 5.41) is 8.05. The standard InChI is InChI=1S/C15H15N3O4S/c1-21-10-5-6-12(13(8-10)22-2)17-14(19)15(20)18-16-9-11-4-3-7-23-11/h3-9H,1-2H3,(H,17,19)(H,18,20)/b16-9-. The first-order valence-electron chi connectivity index (χ1n) is 6.54. The molecule has 0 unspecified atom stereocenters. The minimum Gasteiger partial charge on any atom is -0.497 e. The fourth-order valence-electron chi connectivity index (χ4n) is 1.65. The lowest BCUT2D eigenvalue weighted by Gasteiger charge is -2.10. The highest BCUT2D eigenvalue weighted by atomic mass is 32.1. The summed E-state index contributed by atoms with van der Waals surface area (Å²) in [6.07, 6.45) is 1.46. The summed E-state index contributed by atoms with van der Waals surface area (Å²) in [7, 11) is 2.97. The average molecular weight is 333 g/mol. The Morgan fingerprint density at radius 2 is 2.00 bits per heavy atom. The molecule has 0 radical (unpaired) electrons. The fourth-order valence-corrected chi connectivity index (χ4v) is 2.24. The minimum atomic E-state index is -0.879. The number of hydrogen-bond acceptors (Lipinski definition) is 6. The van der Waals surface area contributed by atoms with Crippen molar-refractivity contribution in [3.05, 3.63) is 40.6 Å². The molecule has 120 valence electrons. The number of anilines is 1. The molecule has 1 heterocycles. The summed E-state index contributed by atoms with van der Waals surface area (Å²) in [4.78, 5) is 24.4. The highest BCUT2D eigenvalue weighted by Gasteiger charge is 2.15. The van der Waals surface area contributed by atoms with Crippen molar-refractivity contribution in [2.24, 2.45) is 5.10 Å². The molecule has 0 fully saturated rings. The molecule has 0 saturated carbocycles. The van der Waals surface area contributed by atoms with Gasteiger partial charge in [-0.2, -0.15) is 5.10 Å². The van der Waals surface area contributed by atoms with Gasteiger partial charge in [-0.05, 0) is 23.6 Å². The number of carbonyl (C=O) groups is 2. The van der Waals surface area contributed by atoms with Crippen LogP contribution in [0.4, 0.5) is 5.69 Å². The van der Waals surface area contributed by atoms with Crippen molar-refractivity contribution in [1.29, 1.82) is 0 Å². The third-order valence-electron chi connectivity index (χ3n) is 2.76. The molecule has 1 aromatic carbocycles. The normalized spacial score (nSPS) is 10.3. The molecule has 0 aliphatic rings.